The molecular formula is C31H35ClF3N3O5S. The number of fused-ring (bicyclic) bond motifs is 1. The third-order valence-corrected chi connectivity index (χ3v) is 9.17. The average molecular weight is 654 g/mol. The fourth-order valence-electron chi connectivity index (χ4n) is 5.02. The van der Waals surface area contributed by atoms with Crippen molar-refractivity contribution in [3.63, 3.8) is 0 Å². The van der Waals surface area contributed by atoms with Gasteiger partial charge in [-0.15, -0.1) is 0 Å². The van der Waals surface area contributed by atoms with Crippen LogP contribution in [0.2, 0.25) is 5.02 Å². The van der Waals surface area contributed by atoms with Gasteiger partial charge in [-0.2, -0.15) is 13.2 Å². The zero-order chi connectivity index (χ0) is 32.2. The molecule has 13 heteroatoms. The fourth-order valence-corrected chi connectivity index (χ4v) is 6.20. The van der Waals surface area contributed by atoms with Crippen molar-refractivity contribution in [2.75, 3.05) is 31.5 Å². The number of carbonyl (C=O) groups excluding carboxylic acids is 1. The summed E-state index contributed by atoms with van der Waals surface area (Å²) >= 11 is 5.89. The fraction of sp³-hybridized carbons (Fsp3) is 0.387. The van der Waals surface area contributed by atoms with Gasteiger partial charge in [0.15, 0.2) is 0 Å². The SMILES string of the molecule is C[C@H]1CN([C@@H](C)CO)C(=O)Cc2cc(NS(=O)(=O)c3ccc(Cl)cc3)ccc2O[C@H]1CN(C)Cc1ccc(C(F)(F)F)cc1. The Balaban J connectivity index is 1.60. The van der Waals surface area contributed by atoms with Gasteiger partial charge in [-0.1, -0.05) is 30.7 Å². The standard InChI is InChI=1S/C31H35ClF3N3O5S/c1-20-16-38(21(2)19-39)30(40)15-23-14-26(36-44(41,42)27-11-8-25(32)9-12-27)10-13-28(23)43-29(20)18-37(3)17-22-4-6-24(7-5-22)31(33,34)35/h4-14,20-21,29,36,39H,15-19H2,1-3H3/t20-,21-,29-/m0/s1. The summed E-state index contributed by atoms with van der Waals surface area (Å²) in [5.74, 6) is -0.0390. The molecule has 3 aromatic carbocycles. The van der Waals surface area contributed by atoms with E-state index in [9.17, 15) is 31.5 Å². The van der Waals surface area contributed by atoms with E-state index in [2.05, 4.69) is 4.72 Å². The van der Waals surface area contributed by atoms with E-state index >= 15 is 0 Å². The van der Waals surface area contributed by atoms with Crippen molar-refractivity contribution < 1.29 is 36.2 Å². The third-order valence-electron chi connectivity index (χ3n) is 7.52. The van der Waals surface area contributed by atoms with Crippen LogP contribution in [0.4, 0.5) is 18.9 Å². The lowest BCUT2D eigenvalue weighted by atomic mass is 10.0. The predicted molar refractivity (Wildman–Crippen MR) is 162 cm³/mol. The topological polar surface area (TPSA) is 99.2 Å². The second-order valence-corrected chi connectivity index (χ2v) is 13.3. The molecule has 44 heavy (non-hydrogen) atoms. The number of likely N-dealkylation sites (N-methyl/N-ethyl adjacent to an activating group) is 1. The second-order valence-electron chi connectivity index (χ2n) is 11.2. The summed E-state index contributed by atoms with van der Waals surface area (Å²) in [6.07, 6.45) is -4.95. The van der Waals surface area contributed by atoms with Crippen molar-refractivity contribution >= 4 is 33.2 Å². The molecule has 0 aliphatic carbocycles. The van der Waals surface area contributed by atoms with Gasteiger partial charge in [0.05, 0.1) is 29.5 Å². The number of benzene rings is 3. The molecule has 1 amide bonds. The molecular weight excluding hydrogens is 619 g/mol. The number of hydrogen-bond acceptors (Lipinski definition) is 6. The molecule has 1 aliphatic heterocycles. The van der Waals surface area contributed by atoms with E-state index in [-0.39, 0.29) is 35.4 Å². The number of aliphatic hydroxyl groups is 1. The molecule has 0 spiro atoms. The first-order chi connectivity index (χ1) is 20.7. The Labute approximate surface area is 260 Å². The van der Waals surface area contributed by atoms with Crippen LogP contribution in [0.15, 0.2) is 71.6 Å². The van der Waals surface area contributed by atoms with Gasteiger partial charge in [0.1, 0.15) is 11.9 Å². The molecule has 0 saturated carbocycles. The Hall–Kier alpha value is -3.32. The van der Waals surface area contributed by atoms with Crippen molar-refractivity contribution in [2.45, 2.75) is 50.0 Å². The van der Waals surface area contributed by atoms with E-state index in [1.165, 1.54) is 36.4 Å². The molecule has 0 fully saturated rings. The lowest BCUT2D eigenvalue weighted by Crippen LogP contribution is -2.47. The maximum absolute atomic E-state index is 13.5. The van der Waals surface area contributed by atoms with Crippen LogP contribution in [0, 0.1) is 5.92 Å². The molecule has 0 unspecified atom stereocenters. The molecule has 8 nitrogen and oxygen atoms in total. The number of anilines is 1. The number of rotatable bonds is 9. The lowest BCUT2D eigenvalue weighted by molar-refractivity contribution is -0.137. The number of halogens is 4. The van der Waals surface area contributed by atoms with E-state index in [1.807, 2.05) is 18.9 Å². The summed E-state index contributed by atoms with van der Waals surface area (Å²) in [4.78, 5) is 17.0. The number of nitrogens with one attached hydrogen (secondary N) is 1. The Morgan fingerprint density at radius 2 is 1.77 bits per heavy atom. The first kappa shape index (κ1) is 33.6. The van der Waals surface area contributed by atoms with Crippen LogP contribution in [0.1, 0.15) is 30.5 Å². The van der Waals surface area contributed by atoms with Gasteiger partial charge < -0.3 is 14.7 Å². The van der Waals surface area contributed by atoms with Crippen molar-refractivity contribution in [1.29, 1.82) is 0 Å². The summed E-state index contributed by atoms with van der Waals surface area (Å²) in [7, 11) is -2.12. The summed E-state index contributed by atoms with van der Waals surface area (Å²) in [6.45, 7) is 4.46. The van der Waals surface area contributed by atoms with Gasteiger partial charge in [-0.05, 0) is 74.1 Å². The van der Waals surface area contributed by atoms with E-state index in [0.717, 1.165) is 12.1 Å². The van der Waals surface area contributed by atoms with Crippen LogP contribution in [0.25, 0.3) is 0 Å². The van der Waals surface area contributed by atoms with Gasteiger partial charge in [-0.25, -0.2) is 8.42 Å². The van der Waals surface area contributed by atoms with Crippen LogP contribution in [0.5, 0.6) is 5.75 Å². The molecule has 3 aromatic rings. The van der Waals surface area contributed by atoms with Crippen LogP contribution >= 0.6 is 11.6 Å². The van der Waals surface area contributed by atoms with Gasteiger partial charge >= 0.3 is 6.18 Å². The first-order valence-electron chi connectivity index (χ1n) is 14.0. The number of amides is 1. The minimum atomic E-state index is -4.41. The smallest absolute Gasteiger partial charge is 0.416 e. The molecule has 0 saturated heterocycles. The van der Waals surface area contributed by atoms with Crippen LogP contribution < -0.4 is 9.46 Å². The van der Waals surface area contributed by atoms with Gasteiger partial charge in [0.25, 0.3) is 10.0 Å². The maximum atomic E-state index is 13.5. The number of aliphatic hydroxyl groups excluding tert-OH is 1. The maximum Gasteiger partial charge on any atom is 0.416 e. The van der Waals surface area contributed by atoms with E-state index in [1.54, 1.807) is 30.0 Å². The minimum Gasteiger partial charge on any atom is -0.488 e. The van der Waals surface area contributed by atoms with Crippen molar-refractivity contribution in [2.24, 2.45) is 5.92 Å². The molecule has 1 heterocycles. The Morgan fingerprint density at radius 3 is 2.39 bits per heavy atom. The molecule has 0 aromatic heterocycles. The molecule has 2 N–H and O–H groups in total. The number of sulfonamides is 1. The molecule has 0 radical (unpaired) electrons. The second kappa shape index (κ2) is 13.8. The number of ether oxygens (including phenoxy) is 1. The number of nitrogens with zero attached hydrogens (tertiary/aromatic N) is 2. The highest BCUT2D eigenvalue weighted by Crippen LogP contribution is 2.31. The number of hydrogen-bond donors (Lipinski definition) is 2. The first-order valence-corrected chi connectivity index (χ1v) is 15.9. The molecule has 0 bridgehead atoms. The van der Waals surface area contributed by atoms with Gasteiger partial charge in [0.2, 0.25) is 5.91 Å². The lowest BCUT2D eigenvalue weighted by Gasteiger charge is -2.34. The summed E-state index contributed by atoms with van der Waals surface area (Å²) in [5.41, 5.74) is 0.678. The average Bonchev–Trinajstić information content (AvgIpc) is 3.00. The zero-order valence-electron chi connectivity index (χ0n) is 24.5. The zero-order valence-corrected chi connectivity index (χ0v) is 26.1. The van der Waals surface area contributed by atoms with Crippen molar-refractivity contribution in [1.82, 2.24) is 9.80 Å². The monoisotopic (exact) mass is 653 g/mol. The molecule has 4 rings (SSSR count). The van der Waals surface area contributed by atoms with Gasteiger partial charge in [0, 0.05) is 41.8 Å². The summed E-state index contributed by atoms with van der Waals surface area (Å²) in [5, 5.41) is 10.3. The van der Waals surface area contributed by atoms with Crippen molar-refractivity contribution in [3.8, 4) is 5.75 Å². The predicted octanol–water partition coefficient (Wildman–Crippen LogP) is 5.44. The highest BCUT2D eigenvalue weighted by molar-refractivity contribution is 7.92. The van der Waals surface area contributed by atoms with E-state index < -0.39 is 33.9 Å². The van der Waals surface area contributed by atoms with Gasteiger partial charge in [-0.3, -0.25) is 14.4 Å². The highest BCUT2D eigenvalue weighted by atomic mass is 35.5. The van der Waals surface area contributed by atoms with Crippen molar-refractivity contribution in [3.05, 3.63) is 88.4 Å². The minimum absolute atomic E-state index is 0.0192. The Morgan fingerprint density at radius 1 is 1.11 bits per heavy atom. The summed E-state index contributed by atoms with van der Waals surface area (Å²) in [6, 6.07) is 15.0. The summed E-state index contributed by atoms with van der Waals surface area (Å²) < 4.78 is 74.0. The van der Waals surface area contributed by atoms with Crippen LogP contribution in [0.3, 0.4) is 0 Å². The Kier molecular flexibility index (Phi) is 10.5. The normalized spacial score (nSPS) is 18.6. The molecule has 1 aliphatic rings. The van der Waals surface area contributed by atoms with E-state index in [0.29, 0.717) is 41.5 Å². The highest BCUT2D eigenvalue weighted by Gasteiger charge is 2.32. The van der Waals surface area contributed by atoms with E-state index in [4.69, 9.17) is 16.3 Å². The quantitative estimate of drug-likeness (QED) is 0.319. The largest absolute Gasteiger partial charge is 0.488 e. The third kappa shape index (κ3) is 8.44. The molecule has 238 valence electrons. The number of carbonyl (C=O) groups is 1. The van der Waals surface area contributed by atoms with Crippen LogP contribution in [-0.4, -0.2) is 68.1 Å². The Bertz CT molecular complexity index is 1550. The number of alkyl halides is 3. The van der Waals surface area contributed by atoms with Crippen LogP contribution in [-0.2, 0) is 34.0 Å². The molecule has 3 atom stereocenters.